The highest BCUT2D eigenvalue weighted by molar-refractivity contribution is 6.35. The lowest BCUT2D eigenvalue weighted by Gasteiger charge is -2.36. The van der Waals surface area contributed by atoms with Gasteiger partial charge in [-0.1, -0.05) is 13.8 Å². The summed E-state index contributed by atoms with van der Waals surface area (Å²) in [6.45, 7) is 9.41. The van der Waals surface area contributed by atoms with Crippen molar-refractivity contribution < 1.29 is 14.7 Å². The first-order valence-corrected chi connectivity index (χ1v) is 6.84. The fraction of sp³-hybridized carbons (Fsp3) is 0.846. The Morgan fingerprint density at radius 2 is 1.79 bits per heavy atom. The van der Waals surface area contributed by atoms with E-state index in [1.54, 1.807) is 4.90 Å². The average molecular weight is 271 g/mol. The Morgan fingerprint density at radius 3 is 2.32 bits per heavy atom. The summed E-state index contributed by atoms with van der Waals surface area (Å²) in [4.78, 5) is 26.8. The van der Waals surface area contributed by atoms with E-state index < -0.39 is 17.9 Å². The maximum absolute atomic E-state index is 11.9. The molecule has 0 aromatic heterocycles. The lowest BCUT2D eigenvalue weighted by atomic mass is 10.2. The van der Waals surface area contributed by atoms with Gasteiger partial charge in [-0.25, -0.2) is 0 Å². The van der Waals surface area contributed by atoms with E-state index in [0.29, 0.717) is 19.6 Å². The van der Waals surface area contributed by atoms with Crippen LogP contribution < -0.4 is 5.32 Å². The van der Waals surface area contributed by atoms with Gasteiger partial charge in [0.15, 0.2) is 0 Å². The van der Waals surface area contributed by atoms with Crippen LogP contribution in [0.1, 0.15) is 27.7 Å². The molecule has 1 saturated heterocycles. The number of rotatable bonds is 6. The smallest absolute Gasteiger partial charge is 0.312 e. The first kappa shape index (κ1) is 15.9. The number of aliphatic hydroxyl groups is 1. The van der Waals surface area contributed by atoms with E-state index in [-0.39, 0.29) is 18.6 Å². The van der Waals surface area contributed by atoms with Gasteiger partial charge in [0.05, 0.1) is 6.10 Å². The van der Waals surface area contributed by atoms with E-state index in [1.165, 1.54) is 4.90 Å². The van der Waals surface area contributed by atoms with E-state index in [2.05, 4.69) is 5.32 Å². The number of aliphatic hydroxyl groups excluding tert-OH is 1. The predicted molar refractivity (Wildman–Crippen MR) is 72.6 cm³/mol. The van der Waals surface area contributed by atoms with Gasteiger partial charge in [-0.15, -0.1) is 0 Å². The number of nitrogens with one attached hydrogen (secondary N) is 1. The summed E-state index contributed by atoms with van der Waals surface area (Å²) in [5.74, 6) is -0.978. The number of amides is 2. The van der Waals surface area contributed by atoms with Crippen LogP contribution in [0, 0.1) is 0 Å². The number of hydrogen-bond acceptors (Lipinski definition) is 4. The molecule has 1 fully saturated rings. The molecule has 2 amide bonds. The second-order valence-electron chi connectivity index (χ2n) is 5.56. The number of carbonyl (C=O) groups is 2. The zero-order valence-electron chi connectivity index (χ0n) is 12.2. The van der Waals surface area contributed by atoms with Crippen LogP contribution in [0.5, 0.6) is 0 Å². The lowest BCUT2D eigenvalue weighted by Crippen LogP contribution is -2.58. The molecular weight excluding hydrogens is 246 g/mol. The van der Waals surface area contributed by atoms with Crippen molar-refractivity contribution in [2.75, 3.05) is 26.2 Å². The summed E-state index contributed by atoms with van der Waals surface area (Å²) < 4.78 is 0. The molecule has 19 heavy (non-hydrogen) atoms. The maximum Gasteiger partial charge on any atom is 0.312 e. The molecular formula is C13H25N3O3. The zero-order chi connectivity index (χ0) is 14.6. The van der Waals surface area contributed by atoms with E-state index >= 15 is 0 Å². The fourth-order valence-corrected chi connectivity index (χ4v) is 2.05. The minimum Gasteiger partial charge on any atom is -0.390 e. The molecule has 6 nitrogen and oxygen atoms in total. The molecule has 6 heteroatoms. The molecule has 1 rings (SSSR count). The third-order valence-electron chi connectivity index (χ3n) is 3.16. The van der Waals surface area contributed by atoms with Crippen molar-refractivity contribution in [1.82, 2.24) is 15.1 Å². The summed E-state index contributed by atoms with van der Waals surface area (Å²) >= 11 is 0. The molecule has 0 aromatic carbocycles. The van der Waals surface area contributed by atoms with Gasteiger partial charge in [-0.3, -0.25) is 9.59 Å². The van der Waals surface area contributed by atoms with Crippen LogP contribution in [0.3, 0.4) is 0 Å². The summed E-state index contributed by atoms with van der Waals surface area (Å²) in [5.41, 5.74) is 0. The van der Waals surface area contributed by atoms with Crippen LogP contribution in [0.4, 0.5) is 0 Å². The van der Waals surface area contributed by atoms with Crippen molar-refractivity contribution in [2.24, 2.45) is 0 Å². The Bertz CT molecular complexity index is 331. The van der Waals surface area contributed by atoms with Gasteiger partial charge in [-0.05, 0) is 13.8 Å². The second-order valence-corrected chi connectivity index (χ2v) is 5.56. The second kappa shape index (κ2) is 6.86. The molecule has 0 saturated carbocycles. The normalized spacial score (nSPS) is 18.7. The van der Waals surface area contributed by atoms with Crippen LogP contribution in [0.25, 0.3) is 0 Å². The summed E-state index contributed by atoms with van der Waals surface area (Å²) in [7, 11) is 0. The Hall–Kier alpha value is -1.14. The van der Waals surface area contributed by atoms with E-state index in [9.17, 15) is 14.7 Å². The van der Waals surface area contributed by atoms with Crippen molar-refractivity contribution in [2.45, 2.75) is 45.9 Å². The minimum atomic E-state index is -0.648. The first-order chi connectivity index (χ1) is 8.82. The Balaban J connectivity index is 2.48. The highest BCUT2D eigenvalue weighted by Crippen LogP contribution is 2.09. The van der Waals surface area contributed by atoms with Crippen molar-refractivity contribution in [3.63, 3.8) is 0 Å². The fourth-order valence-electron chi connectivity index (χ4n) is 2.05. The molecule has 2 N–H and O–H groups in total. The summed E-state index contributed by atoms with van der Waals surface area (Å²) in [5, 5.41) is 13.0. The highest BCUT2D eigenvalue weighted by Gasteiger charge is 2.34. The molecule has 0 bridgehead atoms. The number of β-amino-alcohol motifs (C(OH)–C–C–N with tert-alkyl or cyclic N) is 1. The Labute approximate surface area is 114 Å². The van der Waals surface area contributed by atoms with Gasteiger partial charge in [0.1, 0.15) is 0 Å². The third kappa shape index (κ3) is 4.47. The average Bonchev–Trinajstić information content (AvgIpc) is 2.32. The van der Waals surface area contributed by atoms with Crippen molar-refractivity contribution >= 4 is 11.8 Å². The molecule has 1 unspecified atom stereocenters. The third-order valence-corrected chi connectivity index (χ3v) is 3.16. The number of piperazine rings is 1. The van der Waals surface area contributed by atoms with E-state index in [0.717, 1.165) is 0 Å². The molecule has 1 heterocycles. The van der Waals surface area contributed by atoms with Crippen LogP contribution in [-0.4, -0.2) is 71.1 Å². The monoisotopic (exact) mass is 271 g/mol. The molecule has 0 spiro atoms. The van der Waals surface area contributed by atoms with Gasteiger partial charge >= 0.3 is 11.8 Å². The van der Waals surface area contributed by atoms with Gasteiger partial charge in [0, 0.05) is 38.3 Å². The van der Waals surface area contributed by atoms with Gasteiger partial charge in [0.2, 0.25) is 0 Å². The van der Waals surface area contributed by atoms with Crippen molar-refractivity contribution in [1.29, 1.82) is 0 Å². The van der Waals surface area contributed by atoms with E-state index in [4.69, 9.17) is 0 Å². The van der Waals surface area contributed by atoms with Crippen molar-refractivity contribution in [3.05, 3.63) is 0 Å². The molecule has 110 valence electrons. The quantitative estimate of drug-likeness (QED) is 0.634. The molecule has 0 aliphatic carbocycles. The van der Waals surface area contributed by atoms with E-state index in [1.807, 2.05) is 27.7 Å². The maximum atomic E-state index is 11.9. The van der Waals surface area contributed by atoms with Crippen LogP contribution in [-0.2, 0) is 9.59 Å². The van der Waals surface area contributed by atoms with Gasteiger partial charge in [-0.2, -0.15) is 0 Å². The lowest BCUT2D eigenvalue weighted by molar-refractivity contribution is -0.158. The summed E-state index contributed by atoms with van der Waals surface area (Å²) in [6.07, 6.45) is -0.648. The van der Waals surface area contributed by atoms with Crippen LogP contribution in [0.2, 0.25) is 0 Å². The molecule has 1 aliphatic rings. The highest BCUT2D eigenvalue weighted by atomic mass is 16.3. The Kier molecular flexibility index (Phi) is 5.75. The standard InChI is InChI=1S/C13H25N3O3/c1-9(2)14-7-11(17)8-15-5-6-16(10(3)4)13(19)12(15)18/h9-11,14,17H,5-8H2,1-4H3. The van der Waals surface area contributed by atoms with Crippen LogP contribution >= 0.6 is 0 Å². The number of carbonyl (C=O) groups excluding carboxylic acids is 2. The molecule has 1 aliphatic heterocycles. The number of hydrogen-bond donors (Lipinski definition) is 2. The topological polar surface area (TPSA) is 72.9 Å². The predicted octanol–water partition coefficient (Wildman–Crippen LogP) is -0.575. The minimum absolute atomic E-state index is 0.0335. The van der Waals surface area contributed by atoms with Gasteiger partial charge < -0.3 is 20.2 Å². The summed E-state index contributed by atoms with van der Waals surface area (Å²) in [6, 6.07) is 0.316. The molecule has 0 aromatic rings. The molecule has 1 atom stereocenters. The number of nitrogens with zero attached hydrogens (tertiary/aromatic N) is 2. The molecule has 0 radical (unpaired) electrons. The van der Waals surface area contributed by atoms with Crippen molar-refractivity contribution in [3.8, 4) is 0 Å². The van der Waals surface area contributed by atoms with Crippen LogP contribution in [0.15, 0.2) is 0 Å². The first-order valence-electron chi connectivity index (χ1n) is 6.84. The zero-order valence-corrected chi connectivity index (χ0v) is 12.2. The SMILES string of the molecule is CC(C)NCC(O)CN1CCN(C(C)C)C(=O)C1=O. The van der Waals surface area contributed by atoms with Gasteiger partial charge in [0.25, 0.3) is 0 Å². The largest absolute Gasteiger partial charge is 0.390 e. The Morgan fingerprint density at radius 1 is 1.16 bits per heavy atom.